The van der Waals surface area contributed by atoms with Crippen molar-refractivity contribution in [2.24, 2.45) is 0 Å². The van der Waals surface area contributed by atoms with E-state index in [1.807, 2.05) is 12.1 Å². The minimum absolute atomic E-state index is 0.515. The Hall–Kier alpha value is -2.49. The molecule has 2 heterocycles. The van der Waals surface area contributed by atoms with Crippen LogP contribution in [0.1, 0.15) is 11.3 Å². The fourth-order valence-corrected chi connectivity index (χ4v) is 1.37. The summed E-state index contributed by atoms with van der Waals surface area (Å²) in [6.07, 6.45) is 6.77. The van der Waals surface area contributed by atoms with Crippen molar-refractivity contribution in [3.8, 4) is 0 Å². The van der Waals surface area contributed by atoms with Crippen LogP contribution in [0.3, 0.4) is 0 Å². The van der Waals surface area contributed by atoms with E-state index in [0.717, 1.165) is 11.3 Å². The van der Waals surface area contributed by atoms with E-state index in [2.05, 4.69) is 33.4 Å². The van der Waals surface area contributed by atoms with Crippen LogP contribution in [0.5, 0.6) is 0 Å². The van der Waals surface area contributed by atoms with Crippen LogP contribution in [0.4, 0.5) is 11.8 Å². The van der Waals surface area contributed by atoms with Gasteiger partial charge in [0.2, 0.25) is 5.95 Å². The van der Waals surface area contributed by atoms with Crippen LogP contribution in [0.15, 0.2) is 43.8 Å². The maximum Gasteiger partial charge on any atom is 0.228 e. The van der Waals surface area contributed by atoms with Gasteiger partial charge in [0.1, 0.15) is 5.82 Å². The first kappa shape index (κ1) is 11.0. The van der Waals surface area contributed by atoms with Gasteiger partial charge in [-0.15, -0.1) is 0 Å². The lowest BCUT2D eigenvalue weighted by Gasteiger charge is -2.06. The van der Waals surface area contributed by atoms with Crippen LogP contribution in [0.2, 0.25) is 0 Å². The van der Waals surface area contributed by atoms with Gasteiger partial charge in [0.05, 0.1) is 5.69 Å². The third kappa shape index (κ3) is 2.55. The molecule has 0 spiro atoms. The van der Waals surface area contributed by atoms with Gasteiger partial charge in [0.25, 0.3) is 0 Å². The SMILES string of the molecule is C=Cc1ccc(Nc2ncccn2)nc1C=C. The predicted octanol–water partition coefficient (Wildman–Crippen LogP) is 2.90. The first-order valence-electron chi connectivity index (χ1n) is 5.13. The Kier molecular flexibility index (Phi) is 3.25. The first-order chi connectivity index (χ1) is 8.33. The van der Waals surface area contributed by atoms with E-state index in [-0.39, 0.29) is 0 Å². The van der Waals surface area contributed by atoms with Gasteiger partial charge in [-0.2, -0.15) is 0 Å². The van der Waals surface area contributed by atoms with Gasteiger partial charge in [-0.25, -0.2) is 15.0 Å². The van der Waals surface area contributed by atoms with Crippen LogP contribution in [0.25, 0.3) is 12.2 Å². The monoisotopic (exact) mass is 224 g/mol. The van der Waals surface area contributed by atoms with Gasteiger partial charge >= 0.3 is 0 Å². The summed E-state index contributed by atoms with van der Waals surface area (Å²) in [7, 11) is 0. The third-order valence-electron chi connectivity index (χ3n) is 2.18. The molecule has 0 saturated heterocycles. The van der Waals surface area contributed by atoms with Gasteiger partial charge in [-0.1, -0.05) is 19.2 Å². The zero-order valence-electron chi connectivity index (χ0n) is 9.30. The van der Waals surface area contributed by atoms with Crippen LogP contribution in [-0.2, 0) is 0 Å². The van der Waals surface area contributed by atoms with Crippen molar-refractivity contribution in [3.63, 3.8) is 0 Å². The molecular weight excluding hydrogens is 212 g/mol. The molecule has 0 saturated carbocycles. The zero-order valence-corrected chi connectivity index (χ0v) is 9.30. The molecule has 2 aromatic rings. The highest BCUT2D eigenvalue weighted by atomic mass is 15.1. The van der Waals surface area contributed by atoms with Crippen LogP contribution in [-0.4, -0.2) is 15.0 Å². The molecule has 0 aliphatic heterocycles. The van der Waals surface area contributed by atoms with E-state index in [1.165, 1.54) is 0 Å². The number of aromatic nitrogens is 3. The minimum Gasteiger partial charge on any atom is -0.309 e. The Morgan fingerprint density at radius 1 is 1.06 bits per heavy atom. The number of hydrogen-bond donors (Lipinski definition) is 1. The summed E-state index contributed by atoms with van der Waals surface area (Å²) in [4.78, 5) is 12.5. The van der Waals surface area contributed by atoms with Crippen molar-refractivity contribution in [1.82, 2.24) is 15.0 Å². The molecule has 0 radical (unpaired) electrons. The highest BCUT2D eigenvalue weighted by Crippen LogP contribution is 2.15. The number of nitrogens with zero attached hydrogens (tertiary/aromatic N) is 3. The van der Waals surface area contributed by atoms with Crippen molar-refractivity contribution in [3.05, 3.63) is 55.0 Å². The normalized spacial score (nSPS) is 9.65. The predicted molar refractivity (Wildman–Crippen MR) is 69.7 cm³/mol. The standard InChI is InChI=1S/C13H12N4/c1-3-10-6-7-12(16-11(10)4-2)17-13-14-8-5-9-15-13/h3-9H,1-2H2,(H,14,15,16,17). The molecule has 2 rings (SSSR count). The first-order valence-corrected chi connectivity index (χ1v) is 5.13. The lowest BCUT2D eigenvalue weighted by Crippen LogP contribution is -1.99. The Morgan fingerprint density at radius 3 is 2.47 bits per heavy atom. The largest absolute Gasteiger partial charge is 0.309 e. The second-order valence-corrected chi connectivity index (χ2v) is 3.28. The average molecular weight is 224 g/mol. The summed E-state index contributed by atoms with van der Waals surface area (Å²) < 4.78 is 0. The Balaban J connectivity index is 2.28. The van der Waals surface area contributed by atoms with Crippen LogP contribution < -0.4 is 5.32 Å². The Labute approximate surface area is 99.8 Å². The van der Waals surface area contributed by atoms with Gasteiger partial charge < -0.3 is 5.32 Å². The molecule has 2 aromatic heterocycles. The minimum atomic E-state index is 0.515. The number of hydrogen-bond acceptors (Lipinski definition) is 4. The summed E-state index contributed by atoms with van der Waals surface area (Å²) >= 11 is 0. The van der Waals surface area contributed by atoms with Crippen molar-refractivity contribution in [2.45, 2.75) is 0 Å². The van der Waals surface area contributed by atoms with Crippen molar-refractivity contribution < 1.29 is 0 Å². The fraction of sp³-hybridized carbons (Fsp3) is 0. The maximum atomic E-state index is 4.38. The molecule has 0 aliphatic carbocycles. The second kappa shape index (κ2) is 5.03. The van der Waals surface area contributed by atoms with Gasteiger partial charge in [-0.3, -0.25) is 0 Å². The molecule has 0 atom stereocenters. The summed E-state index contributed by atoms with van der Waals surface area (Å²) in [6.45, 7) is 7.44. The van der Waals surface area contributed by atoms with Crippen molar-refractivity contribution in [1.29, 1.82) is 0 Å². The molecule has 4 nitrogen and oxygen atoms in total. The fourth-order valence-electron chi connectivity index (χ4n) is 1.37. The van der Waals surface area contributed by atoms with E-state index in [9.17, 15) is 0 Å². The molecule has 0 unspecified atom stereocenters. The molecule has 0 amide bonds. The smallest absolute Gasteiger partial charge is 0.228 e. The molecular formula is C13H12N4. The molecule has 84 valence electrons. The van der Waals surface area contributed by atoms with Gasteiger partial charge in [0.15, 0.2) is 0 Å². The summed E-state index contributed by atoms with van der Waals surface area (Å²) in [5, 5.41) is 3.01. The van der Waals surface area contributed by atoms with E-state index < -0.39 is 0 Å². The Bertz CT molecular complexity index is 534. The molecule has 1 N–H and O–H groups in total. The molecule has 0 fully saturated rings. The average Bonchev–Trinajstić information content (AvgIpc) is 2.40. The van der Waals surface area contributed by atoms with Crippen molar-refractivity contribution >= 4 is 23.9 Å². The third-order valence-corrected chi connectivity index (χ3v) is 2.18. The number of anilines is 2. The van der Waals surface area contributed by atoms with Crippen LogP contribution >= 0.6 is 0 Å². The van der Waals surface area contributed by atoms with Gasteiger partial charge in [0, 0.05) is 12.4 Å². The van der Waals surface area contributed by atoms with E-state index >= 15 is 0 Å². The van der Waals surface area contributed by atoms with E-state index in [4.69, 9.17) is 0 Å². The second-order valence-electron chi connectivity index (χ2n) is 3.28. The van der Waals surface area contributed by atoms with Crippen molar-refractivity contribution in [2.75, 3.05) is 5.32 Å². The quantitative estimate of drug-likeness (QED) is 0.867. The highest BCUT2D eigenvalue weighted by Gasteiger charge is 2.01. The highest BCUT2D eigenvalue weighted by molar-refractivity contribution is 5.63. The lowest BCUT2D eigenvalue weighted by molar-refractivity contribution is 1.14. The maximum absolute atomic E-state index is 4.38. The summed E-state index contributed by atoms with van der Waals surface area (Å²) in [5.74, 6) is 1.19. The number of pyridine rings is 1. The number of nitrogens with one attached hydrogen (secondary N) is 1. The topological polar surface area (TPSA) is 50.7 Å². The zero-order chi connectivity index (χ0) is 12.1. The van der Waals surface area contributed by atoms with Gasteiger partial charge in [-0.05, 0) is 29.8 Å². The molecule has 0 aromatic carbocycles. The summed E-state index contributed by atoms with van der Waals surface area (Å²) in [6, 6.07) is 5.53. The Morgan fingerprint density at radius 2 is 1.82 bits per heavy atom. The molecule has 0 aliphatic rings. The molecule has 17 heavy (non-hydrogen) atoms. The molecule has 4 heteroatoms. The summed E-state index contributed by atoms with van der Waals surface area (Å²) in [5.41, 5.74) is 1.72. The van der Waals surface area contributed by atoms with E-state index in [0.29, 0.717) is 11.8 Å². The molecule has 0 bridgehead atoms. The van der Waals surface area contributed by atoms with Crippen LogP contribution in [0, 0.1) is 0 Å². The lowest BCUT2D eigenvalue weighted by atomic mass is 10.2. The van der Waals surface area contributed by atoms with E-state index in [1.54, 1.807) is 30.6 Å². The number of rotatable bonds is 4.